The fourth-order valence-electron chi connectivity index (χ4n) is 2.86. The molecule has 0 saturated heterocycles. The smallest absolute Gasteiger partial charge is 0.407 e. The molecule has 0 aliphatic heterocycles. The van der Waals surface area contributed by atoms with Crippen molar-refractivity contribution in [3.63, 3.8) is 0 Å². The van der Waals surface area contributed by atoms with Gasteiger partial charge in [0.2, 0.25) is 5.91 Å². The summed E-state index contributed by atoms with van der Waals surface area (Å²) in [5, 5.41) is 7.10. The van der Waals surface area contributed by atoms with Crippen molar-refractivity contribution in [2.24, 2.45) is 0 Å². The number of fused-ring (bicyclic) bond motifs is 1. The molecule has 0 unspecified atom stereocenters. The number of hydrogen-bond acceptors (Lipinski definition) is 3. The van der Waals surface area contributed by atoms with Gasteiger partial charge in [-0.3, -0.25) is 4.79 Å². The number of amides is 2. The first-order valence-corrected chi connectivity index (χ1v) is 9.47. The van der Waals surface area contributed by atoms with Crippen LogP contribution >= 0.6 is 23.2 Å². The van der Waals surface area contributed by atoms with Crippen LogP contribution in [0.5, 0.6) is 0 Å². The minimum atomic E-state index is -0.867. The van der Waals surface area contributed by atoms with E-state index in [2.05, 4.69) is 15.6 Å². The summed E-state index contributed by atoms with van der Waals surface area (Å²) >= 11 is 12.1. The minimum Gasteiger partial charge on any atom is -0.450 e. The van der Waals surface area contributed by atoms with Crippen LogP contribution in [0, 0.1) is 0 Å². The number of halogens is 2. The summed E-state index contributed by atoms with van der Waals surface area (Å²) in [6.45, 7) is 1.90. The van der Waals surface area contributed by atoms with E-state index in [0.29, 0.717) is 15.7 Å². The number of alkyl carbamates (subject to hydrolysis) is 1. The van der Waals surface area contributed by atoms with Gasteiger partial charge in [-0.1, -0.05) is 41.4 Å². The third-order valence-corrected chi connectivity index (χ3v) is 4.73. The van der Waals surface area contributed by atoms with Crippen molar-refractivity contribution in [3.8, 4) is 0 Å². The van der Waals surface area contributed by atoms with Gasteiger partial charge in [0, 0.05) is 28.5 Å². The number of ether oxygens (including phenoxy) is 1. The van der Waals surface area contributed by atoms with E-state index in [9.17, 15) is 9.59 Å². The third kappa shape index (κ3) is 4.77. The highest BCUT2D eigenvalue weighted by Crippen LogP contribution is 2.26. The van der Waals surface area contributed by atoms with Gasteiger partial charge in [0.1, 0.15) is 6.04 Å². The van der Waals surface area contributed by atoms with Gasteiger partial charge in [0.05, 0.1) is 17.3 Å². The summed E-state index contributed by atoms with van der Waals surface area (Å²) in [6, 6.07) is 11.6. The Bertz CT molecular complexity index is 1000. The Balaban J connectivity index is 1.84. The molecular formula is C20H19Cl2N3O3. The summed E-state index contributed by atoms with van der Waals surface area (Å²) in [7, 11) is 0. The molecule has 2 aromatic carbocycles. The number of carbonyl (C=O) groups excluding carboxylic acids is 2. The van der Waals surface area contributed by atoms with E-state index < -0.39 is 18.0 Å². The fourth-order valence-corrected chi connectivity index (χ4v) is 3.19. The molecular weight excluding hydrogens is 401 g/mol. The number of para-hydroxylation sites is 1. The summed E-state index contributed by atoms with van der Waals surface area (Å²) in [6.07, 6.45) is 1.43. The van der Waals surface area contributed by atoms with Gasteiger partial charge in [-0.05, 0) is 36.8 Å². The van der Waals surface area contributed by atoms with Crippen molar-refractivity contribution >= 4 is 51.8 Å². The summed E-state index contributed by atoms with van der Waals surface area (Å²) in [5.74, 6) is -0.428. The van der Waals surface area contributed by atoms with E-state index in [1.807, 2.05) is 30.5 Å². The van der Waals surface area contributed by atoms with Crippen molar-refractivity contribution in [1.29, 1.82) is 0 Å². The van der Waals surface area contributed by atoms with Crippen LogP contribution in [0.15, 0.2) is 48.7 Å². The lowest BCUT2D eigenvalue weighted by atomic mass is 10.0. The fraction of sp³-hybridized carbons (Fsp3) is 0.200. The highest BCUT2D eigenvalue weighted by Gasteiger charge is 2.24. The molecule has 0 aliphatic carbocycles. The van der Waals surface area contributed by atoms with E-state index in [1.54, 1.807) is 25.1 Å². The molecule has 0 fully saturated rings. The number of anilines is 1. The second-order valence-corrected chi connectivity index (χ2v) is 6.94. The SMILES string of the molecule is CCOC(=O)N[C@H](Cc1c[nH]c2ccccc12)C(=O)Nc1cc(Cl)ccc1Cl. The van der Waals surface area contributed by atoms with Gasteiger partial charge in [0.15, 0.2) is 0 Å². The first-order chi connectivity index (χ1) is 13.5. The number of aromatic nitrogens is 1. The highest BCUT2D eigenvalue weighted by molar-refractivity contribution is 6.35. The molecule has 2 amide bonds. The predicted octanol–water partition coefficient (Wildman–Crippen LogP) is 4.77. The van der Waals surface area contributed by atoms with Crippen LogP contribution in [0.1, 0.15) is 12.5 Å². The summed E-state index contributed by atoms with van der Waals surface area (Å²) in [4.78, 5) is 28.0. The number of benzene rings is 2. The molecule has 0 bridgehead atoms. The van der Waals surface area contributed by atoms with Gasteiger partial charge in [0.25, 0.3) is 0 Å². The van der Waals surface area contributed by atoms with Crippen molar-refractivity contribution < 1.29 is 14.3 Å². The zero-order valence-corrected chi connectivity index (χ0v) is 16.6. The van der Waals surface area contributed by atoms with E-state index in [-0.39, 0.29) is 13.0 Å². The van der Waals surface area contributed by atoms with Crippen LogP contribution in [0.2, 0.25) is 10.0 Å². The largest absolute Gasteiger partial charge is 0.450 e. The molecule has 1 aromatic heterocycles. The van der Waals surface area contributed by atoms with Gasteiger partial charge in [-0.25, -0.2) is 4.79 Å². The number of H-pyrrole nitrogens is 1. The first-order valence-electron chi connectivity index (χ1n) is 8.72. The predicted molar refractivity (Wildman–Crippen MR) is 111 cm³/mol. The van der Waals surface area contributed by atoms with E-state index in [4.69, 9.17) is 27.9 Å². The van der Waals surface area contributed by atoms with E-state index in [1.165, 1.54) is 0 Å². The first kappa shape index (κ1) is 20.0. The Labute approximate surface area is 172 Å². The number of hydrogen-bond donors (Lipinski definition) is 3. The van der Waals surface area contributed by atoms with Gasteiger partial charge < -0.3 is 20.4 Å². The van der Waals surface area contributed by atoms with Crippen LogP contribution in [-0.4, -0.2) is 29.6 Å². The molecule has 0 spiro atoms. The maximum atomic E-state index is 12.9. The molecule has 1 atom stereocenters. The number of rotatable bonds is 6. The molecule has 3 N–H and O–H groups in total. The highest BCUT2D eigenvalue weighted by atomic mass is 35.5. The number of aromatic amines is 1. The second kappa shape index (κ2) is 8.99. The lowest BCUT2D eigenvalue weighted by Gasteiger charge is -2.18. The summed E-state index contributed by atoms with van der Waals surface area (Å²) in [5.41, 5.74) is 2.21. The second-order valence-electron chi connectivity index (χ2n) is 6.09. The Morgan fingerprint density at radius 3 is 2.75 bits per heavy atom. The Hall–Kier alpha value is -2.70. The molecule has 146 valence electrons. The van der Waals surface area contributed by atoms with E-state index in [0.717, 1.165) is 16.5 Å². The summed E-state index contributed by atoms with van der Waals surface area (Å²) < 4.78 is 4.94. The van der Waals surface area contributed by atoms with Crippen LogP contribution in [0.25, 0.3) is 10.9 Å². The van der Waals surface area contributed by atoms with Crippen LogP contribution < -0.4 is 10.6 Å². The van der Waals surface area contributed by atoms with Gasteiger partial charge in [-0.2, -0.15) is 0 Å². The molecule has 3 aromatic rings. The van der Waals surface area contributed by atoms with Crippen molar-refractivity contribution in [1.82, 2.24) is 10.3 Å². The molecule has 0 aliphatic rings. The molecule has 28 heavy (non-hydrogen) atoms. The average molecular weight is 420 g/mol. The normalized spacial score (nSPS) is 11.8. The Morgan fingerprint density at radius 2 is 1.96 bits per heavy atom. The molecule has 0 saturated carbocycles. The van der Waals surface area contributed by atoms with Gasteiger partial charge in [-0.15, -0.1) is 0 Å². The number of carbonyl (C=O) groups is 2. The number of nitrogens with one attached hydrogen (secondary N) is 3. The zero-order valence-electron chi connectivity index (χ0n) is 15.1. The lowest BCUT2D eigenvalue weighted by Crippen LogP contribution is -2.45. The van der Waals surface area contributed by atoms with Crippen LogP contribution in [-0.2, 0) is 16.0 Å². The maximum absolute atomic E-state index is 12.9. The molecule has 3 rings (SSSR count). The van der Waals surface area contributed by atoms with Crippen molar-refractivity contribution in [2.45, 2.75) is 19.4 Å². The molecule has 6 nitrogen and oxygen atoms in total. The van der Waals surface area contributed by atoms with Crippen molar-refractivity contribution in [2.75, 3.05) is 11.9 Å². The monoisotopic (exact) mass is 419 g/mol. The zero-order chi connectivity index (χ0) is 20.1. The lowest BCUT2D eigenvalue weighted by molar-refractivity contribution is -0.118. The topological polar surface area (TPSA) is 83.2 Å². The van der Waals surface area contributed by atoms with Crippen LogP contribution in [0.4, 0.5) is 10.5 Å². The molecule has 0 radical (unpaired) electrons. The Kier molecular flexibility index (Phi) is 6.44. The molecule has 1 heterocycles. The molecule has 8 heteroatoms. The minimum absolute atomic E-state index is 0.202. The van der Waals surface area contributed by atoms with Crippen LogP contribution in [0.3, 0.4) is 0 Å². The quantitative estimate of drug-likeness (QED) is 0.537. The van der Waals surface area contributed by atoms with E-state index >= 15 is 0 Å². The van der Waals surface area contributed by atoms with Crippen molar-refractivity contribution in [3.05, 3.63) is 64.3 Å². The third-order valence-electron chi connectivity index (χ3n) is 4.17. The maximum Gasteiger partial charge on any atom is 0.407 e. The Morgan fingerprint density at radius 1 is 1.18 bits per heavy atom. The van der Waals surface area contributed by atoms with Gasteiger partial charge >= 0.3 is 6.09 Å². The average Bonchev–Trinajstić information content (AvgIpc) is 3.07. The standard InChI is InChI=1S/C20H19Cl2N3O3/c1-2-28-20(27)25-18(9-12-11-23-16-6-4-3-5-14(12)16)19(26)24-17-10-13(21)7-8-15(17)22/h3-8,10-11,18,23H,2,9H2,1H3,(H,24,26)(H,25,27)/t18-/m1/s1.